The van der Waals surface area contributed by atoms with Crippen LogP contribution in [0.1, 0.15) is 66.2 Å². The molecule has 3 heterocycles. The number of amides is 2. The van der Waals surface area contributed by atoms with Crippen molar-refractivity contribution >= 4 is 23.7 Å². The number of carbonyl (C=O) groups is 3. The molecule has 2 amide bonds. The van der Waals surface area contributed by atoms with Gasteiger partial charge in [0.1, 0.15) is 18.9 Å². The number of hydrogen-bond donors (Lipinski definition) is 7. The standard InChI is InChI=1S/C36H57N5O11/c1-21-18-36(48-6,52-23(3)22(21)2)30(44)31(45)41-32-29-26(49-20-50-32)19-35(4,5)27(51-29)17-24(42)13-10-8-7-9-11-15-28(43)40-25(33(46)47)14-12-16-39-34(37)38/h7,9-11,13,15,22-27,29-30,32,42,44H,1,8,12,14,16-20H2,2-6H3,(H,40,43)(H,41,45)(H,46,47)(H4,37,38,39)/b9-7+,13-10+,15-11+/t22-,23-,24-,25?,26-,27-,29+,30-,32+,36-/m1/s1. The lowest BCUT2D eigenvalue weighted by atomic mass is 9.75. The largest absolute Gasteiger partial charge is 0.480 e. The minimum atomic E-state index is -1.68. The number of methoxy groups -OCH3 is 1. The molecule has 3 aliphatic heterocycles. The summed E-state index contributed by atoms with van der Waals surface area (Å²) in [5, 5.41) is 36.5. The van der Waals surface area contributed by atoms with E-state index >= 15 is 0 Å². The third-order valence-electron chi connectivity index (χ3n) is 9.76. The number of carbonyl (C=O) groups excluding carboxylic acids is 2. The van der Waals surface area contributed by atoms with Gasteiger partial charge in [0.2, 0.25) is 11.7 Å². The van der Waals surface area contributed by atoms with Crippen LogP contribution in [0.25, 0.3) is 0 Å². The van der Waals surface area contributed by atoms with Crippen LogP contribution in [0, 0.1) is 11.3 Å². The van der Waals surface area contributed by atoms with Crippen molar-refractivity contribution in [1.29, 1.82) is 0 Å². The first kappa shape index (κ1) is 42.8. The average Bonchev–Trinajstić information content (AvgIpc) is 3.07. The molecule has 0 aromatic heterocycles. The maximum absolute atomic E-state index is 13.4. The predicted molar refractivity (Wildman–Crippen MR) is 191 cm³/mol. The van der Waals surface area contributed by atoms with Crippen LogP contribution in [0.5, 0.6) is 0 Å². The van der Waals surface area contributed by atoms with Crippen molar-refractivity contribution in [2.24, 2.45) is 27.8 Å². The van der Waals surface area contributed by atoms with Crippen LogP contribution in [0.2, 0.25) is 0 Å². The van der Waals surface area contributed by atoms with Gasteiger partial charge in [-0.3, -0.25) is 14.6 Å². The Hall–Kier alpha value is -3.64. The van der Waals surface area contributed by atoms with Gasteiger partial charge in [-0.05, 0) is 38.0 Å². The zero-order valence-electron chi connectivity index (χ0n) is 30.7. The Bertz CT molecular complexity index is 1360. The van der Waals surface area contributed by atoms with E-state index in [4.69, 9.17) is 35.2 Å². The number of fused-ring (bicyclic) bond motifs is 1. The second-order valence-electron chi connectivity index (χ2n) is 14.2. The second kappa shape index (κ2) is 19.4. The summed E-state index contributed by atoms with van der Waals surface area (Å²) in [6, 6.07) is -1.07. The van der Waals surface area contributed by atoms with Gasteiger partial charge < -0.3 is 61.1 Å². The third-order valence-corrected chi connectivity index (χ3v) is 9.76. The molecule has 10 atom stereocenters. The fourth-order valence-corrected chi connectivity index (χ4v) is 6.41. The molecule has 0 aromatic carbocycles. The van der Waals surface area contributed by atoms with Crippen LogP contribution < -0.4 is 22.1 Å². The Morgan fingerprint density at radius 1 is 1.15 bits per heavy atom. The number of aliphatic imine (C=N–C) groups is 1. The highest BCUT2D eigenvalue weighted by Gasteiger charge is 2.53. The number of guanidine groups is 1. The fraction of sp³-hybridized carbons (Fsp3) is 0.667. The predicted octanol–water partition coefficient (Wildman–Crippen LogP) is 1.12. The zero-order valence-corrected chi connectivity index (χ0v) is 30.7. The topological polar surface area (TPSA) is 247 Å². The smallest absolute Gasteiger partial charge is 0.326 e. The molecule has 0 bridgehead atoms. The quantitative estimate of drug-likeness (QED) is 0.0277. The number of nitrogens with two attached hydrogens (primary N) is 2. The lowest BCUT2D eigenvalue weighted by Gasteiger charge is -2.50. The highest BCUT2D eigenvalue weighted by molar-refractivity contribution is 5.91. The first-order valence-corrected chi connectivity index (χ1v) is 17.5. The number of carboxylic acids is 1. The maximum atomic E-state index is 13.4. The van der Waals surface area contributed by atoms with Gasteiger partial charge in [0.15, 0.2) is 18.3 Å². The number of aliphatic hydroxyl groups excluding tert-OH is 2. The number of ether oxygens (including phenoxy) is 5. The molecule has 16 heteroatoms. The third kappa shape index (κ3) is 11.9. The molecular formula is C36H57N5O11. The van der Waals surface area contributed by atoms with Crippen LogP contribution in [-0.2, 0) is 38.1 Å². The number of aliphatic hydroxyl groups is 2. The zero-order chi connectivity index (χ0) is 38.6. The number of rotatable bonds is 17. The van der Waals surface area contributed by atoms with Crippen molar-refractivity contribution in [2.75, 3.05) is 20.4 Å². The van der Waals surface area contributed by atoms with E-state index in [1.165, 1.54) is 19.3 Å². The summed E-state index contributed by atoms with van der Waals surface area (Å²) in [5.74, 6) is -4.12. The first-order chi connectivity index (χ1) is 24.5. The molecule has 0 aliphatic carbocycles. The van der Waals surface area contributed by atoms with Crippen LogP contribution in [0.3, 0.4) is 0 Å². The monoisotopic (exact) mass is 735 g/mol. The molecule has 3 rings (SSSR count). The van der Waals surface area contributed by atoms with Gasteiger partial charge in [-0.1, -0.05) is 63.3 Å². The van der Waals surface area contributed by atoms with Crippen molar-refractivity contribution in [3.8, 4) is 0 Å². The Balaban J connectivity index is 1.51. The van der Waals surface area contributed by atoms with Crippen molar-refractivity contribution < 1.29 is 53.4 Å². The number of nitrogens with one attached hydrogen (secondary N) is 2. The van der Waals surface area contributed by atoms with Gasteiger partial charge in [-0.25, -0.2) is 4.79 Å². The molecule has 3 aliphatic rings. The molecule has 3 saturated heterocycles. The van der Waals surface area contributed by atoms with Crippen LogP contribution in [0.4, 0.5) is 0 Å². The van der Waals surface area contributed by atoms with E-state index in [1.54, 1.807) is 24.3 Å². The number of hydrogen-bond acceptors (Lipinski definition) is 11. The molecule has 1 unspecified atom stereocenters. The van der Waals surface area contributed by atoms with Crippen LogP contribution >= 0.6 is 0 Å². The molecular weight excluding hydrogens is 678 g/mol. The summed E-state index contributed by atoms with van der Waals surface area (Å²) in [5.41, 5.74) is 10.9. The number of nitrogens with zero attached hydrogens (tertiary/aromatic N) is 1. The summed E-state index contributed by atoms with van der Waals surface area (Å²) in [6.07, 6.45) is 6.21. The van der Waals surface area contributed by atoms with Gasteiger partial charge in [-0.15, -0.1) is 0 Å². The molecule has 16 nitrogen and oxygen atoms in total. The van der Waals surface area contributed by atoms with Crippen molar-refractivity contribution in [3.05, 3.63) is 48.6 Å². The summed E-state index contributed by atoms with van der Waals surface area (Å²) < 4.78 is 29.6. The van der Waals surface area contributed by atoms with E-state index in [1.807, 2.05) is 27.7 Å². The average molecular weight is 736 g/mol. The molecule has 0 saturated carbocycles. The lowest BCUT2D eigenvalue weighted by molar-refractivity contribution is -0.306. The first-order valence-electron chi connectivity index (χ1n) is 17.5. The Morgan fingerprint density at radius 3 is 2.54 bits per heavy atom. The molecule has 9 N–H and O–H groups in total. The van der Waals surface area contributed by atoms with Crippen molar-refractivity contribution in [3.63, 3.8) is 0 Å². The summed E-state index contributed by atoms with van der Waals surface area (Å²) in [7, 11) is 1.38. The summed E-state index contributed by atoms with van der Waals surface area (Å²) in [4.78, 5) is 40.8. The fourth-order valence-electron chi connectivity index (χ4n) is 6.41. The SMILES string of the molecule is C=C1C[C@](OC)([C@H](O)C(=O)N[C@H]2OCO[C@@H]3CC(C)(C)[C@@H](C[C@H](O)/C=C/C/C=C/C=C/C(=O)NC(CCCN=C(N)N)C(=O)O)O[C@@H]32)O[C@H](C)[C@@H]1C. The van der Waals surface area contributed by atoms with E-state index in [-0.39, 0.29) is 56.0 Å². The highest BCUT2D eigenvalue weighted by atomic mass is 16.7. The molecule has 52 heavy (non-hydrogen) atoms. The molecule has 292 valence electrons. The molecule has 3 fully saturated rings. The van der Waals surface area contributed by atoms with Crippen LogP contribution in [-0.4, -0.2) is 114 Å². The minimum Gasteiger partial charge on any atom is -0.480 e. The van der Waals surface area contributed by atoms with Crippen molar-refractivity contribution in [1.82, 2.24) is 10.6 Å². The van der Waals surface area contributed by atoms with E-state index in [0.717, 1.165) is 5.57 Å². The summed E-state index contributed by atoms with van der Waals surface area (Å²) in [6.45, 7) is 12.1. The van der Waals surface area contributed by atoms with Crippen molar-refractivity contribution in [2.45, 2.75) is 121 Å². The molecule has 0 aromatic rings. The van der Waals surface area contributed by atoms with Gasteiger partial charge in [-0.2, -0.15) is 0 Å². The normalized spacial score (nSPS) is 30.8. The van der Waals surface area contributed by atoms with E-state index in [2.05, 4.69) is 22.2 Å². The minimum absolute atomic E-state index is 0.0281. The maximum Gasteiger partial charge on any atom is 0.326 e. The summed E-state index contributed by atoms with van der Waals surface area (Å²) >= 11 is 0. The Kier molecular flexibility index (Phi) is 16.0. The lowest BCUT2D eigenvalue weighted by Crippen LogP contribution is -2.65. The molecule has 0 radical (unpaired) electrons. The number of aliphatic carboxylic acids is 1. The Labute approximate surface area is 305 Å². The van der Waals surface area contributed by atoms with Gasteiger partial charge in [0.25, 0.3) is 5.91 Å². The van der Waals surface area contributed by atoms with E-state index in [9.17, 15) is 29.7 Å². The second-order valence-corrected chi connectivity index (χ2v) is 14.2. The Morgan fingerprint density at radius 2 is 1.88 bits per heavy atom. The van der Waals surface area contributed by atoms with Gasteiger partial charge >= 0.3 is 5.97 Å². The van der Waals surface area contributed by atoms with Crippen LogP contribution in [0.15, 0.2) is 53.6 Å². The highest BCUT2D eigenvalue weighted by Crippen LogP contribution is 2.42. The molecule has 0 spiro atoms. The van der Waals surface area contributed by atoms with Gasteiger partial charge in [0, 0.05) is 38.5 Å². The number of allylic oxidation sites excluding steroid dienone is 4. The van der Waals surface area contributed by atoms with E-state index < -0.39 is 66.4 Å². The van der Waals surface area contributed by atoms with E-state index in [0.29, 0.717) is 19.3 Å². The number of carboxylic acid groups (broad SMARTS) is 1. The van der Waals surface area contributed by atoms with Gasteiger partial charge in [0.05, 0.1) is 24.4 Å².